The Morgan fingerprint density at radius 1 is 1.36 bits per heavy atom. The van der Waals surface area contributed by atoms with E-state index in [0.29, 0.717) is 12.0 Å². The Hall–Kier alpha value is -0.300. The molecule has 1 aliphatic heterocycles. The van der Waals surface area contributed by atoms with Crippen LogP contribution < -0.4 is 0 Å². The van der Waals surface area contributed by atoms with Crippen LogP contribution in [0, 0.1) is 5.92 Å². The zero-order valence-electron chi connectivity index (χ0n) is 7.88. The molecule has 0 aromatic carbocycles. The van der Waals surface area contributed by atoms with Crippen molar-refractivity contribution in [1.82, 2.24) is 4.90 Å². The van der Waals surface area contributed by atoms with Crippen LogP contribution in [0.5, 0.6) is 0 Å². The topological polar surface area (TPSA) is 3.24 Å². The zero-order chi connectivity index (χ0) is 8.27. The summed E-state index contributed by atoms with van der Waals surface area (Å²) >= 11 is 0. The summed E-state index contributed by atoms with van der Waals surface area (Å²) in [6, 6.07) is 0.701. The second-order valence-corrected chi connectivity index (χ2v) is 3.65. The molecule has 0 bridgehead atoms. The smallest absolute Gasteiger partial charge is 0.0124 e. The van der Waals surface area contributed by atoms with Gasteiger partial charge in [-0.15, -0.1) is 0 Å². The molecule has 11 heavy (non-hydrogen) atoms. The van der Waals surface area contributed by atoms with Gasteiger partial charge in [0.15, 0.2) is 0 Å². The second kappa shape index (κ2) is 3.91. The predicted molar refractivity (Wildman–Crippen MR) is 49.6 cm³/mol. The summed E-state index contributed by atoms with van der Waals surface area (Å²) in [5.41, 5.74) is 0. The quantitative estimate of drug-likeness (QED) is 0.483. The van der Waals surface area contributed by atoms with Crippen LogP contribution in [0.4, 0.5) is 0 Å². The fraction of sp³-hybridized carbons (Fsp3) is 0.800. The normalized spacial score (nSPS) is 37.7. The van der Waals surface area contributed by atoms with Gasteiger partial charge in [-0.05, 0) is 39.3 Å². The molecule has 0 spiro atoms. The van der Waals surface area contributed by atoms with E-state index in [1.54, 1.807) is 0 Å². The highest BCUT2D eigenvalue weighted by atomic mass is 15.1. The first-order valence-corrected chi connectivity index (χ1v) is 4.58. The first-order chi connectivity index (χ1) is 5.22. The molecule has 64 valence electrons. The van der Waals surface area contributed by atoms with Crippen LogP contribution in [0.15, 0.2) is 12.2 Å². The van der Waals surface area contributed by atoms with E-state index < -0.39 is 0 Å². The molecule has 1 heterocycles. The van der Waals surface area contributed by atoms with Crippen LogP contribution >= 0.6 is 0 Å². The van der Waals surface area contributed by atoms with E-state index in [0.717, 1.165) is 0 Å². The Labute approximate surface area is 70.1 Å². The van der Waals surface area contributed by atoms with E-state index in [1.807, 2.05) is 0 Å². The molecule has 1 rings (SSSR count). The fourth-order valence-electron chi connectivity index (χ4n) is 1.54. The van der Waals surface area contributed by atoms with Gasteiger partial charge in [0.2, 0.25) is 0 Å². The molecule has 1 nitrogen and oxygen atoms in total. The molecule has 0 aliphatic carbocycles. The van der Waals surface area contributed by atoms with Gasteiger partial charge >= 0.3 is 0 Å². The van der Waals surface area contributed by atoms with Crippen molar-refractivity contribution in [2.24, 2.45) is 5.92 Å². The van der Waals surface area contributed by atoms with Crippen LogP contribution in [0.1, 0.15) is 26.7 Å². The summed E-state index contributed by atoms with van der Waals surface area (Å²) < 4.78 is 0. The van der Waals surface area contributed by atoms with Crippen LogP contribution in [-0.4, -0.2) is 24.5 Å². The zero-order valence-corrected chi connectivity index (χ0v) is 7.88. The van der Waals surface area contributed by atoms with E-state index in [1.165, 1.54) is 19.4 Å². The third-order valence-corrected chi connectivity index (χ3v) is 2.78. The van der Waals surface area contributed by atoms with Gasteiger partial charge in [-0.2, -0.15) is 0 Å². The molecule has 0 N–H and O–H groups in total. The van der Waals surface area contributed by atoms with Crippen LogP contribution in [0.3, 0.4) is 0 Å². The average molecular weight is 153 g/mol. The Morgan fingerprint density at radius 2 is 2.09 bits per heavy atom. The van der Waals surface area contributed by atoms with Crippen LogP contribution in [0.2, 0.25) is 0 Å². The van der Waals surface area contributed by atoms with Crippen molar-refractivity contribution >= 4 is 0 Å². The van der Waals surface area contributed by atoms with Gasteiger partial charge in [0.1, 0.15) is 0 Å². The first-order valence-electron chi connectivity index (χ1n) is 4.58. The Bertz CT molecular complexity index is 140. The van der Waals surface area contributed by atoms with Crippen molar-refractivity contribution in [2.45, 2.75) is 32.7 Å². The summed E-state index contributed by atoms with van der Waals surface area (Å²) in [5.74, 6) is 0.709. The molecule has 0 amide bonds. The van der Waals surface area contributed by atoms with E-state index in [-0.39, 0.29) is 0 Å². The summed E-state index contributed by atoms with van der Waals surface area (Å²) in [6.07, 6.45) is 7.24. The highest BCUT2D eigenvalue weighted by Gasteiger charge is 2.14. The van der Waals surface area contributed by atoms with Gasteiger partial charge in [0.05, 0.1) is 0 Å². The molecule has 0 aromatic rings. The minimum atomic E-state index is 0.701. The lowest BCUT2D eigenvalue weighted by atomic mass is 9.99. The van der Waals surface area contributed by atoms with Crippen molar-refractivity contribution in [3.8, 4) is 0 Å². The largest absolute Gasteiger partial charge is 0.303 e. The van der Waals surface area contributed by atoms with Crippen LogP contribution in [0.25, 0.3) is 0 Å². The standard InChI is InChI=1S/C10H19N/c1-9-7-5-4-6-8-11(3)10(9)2/h5,7,9-10H,4,6,8H2,1-3H3/b7-5-. The van der Waals surface area contributed by atoms with Gasteiger partial charge in [0, 0.05) is 6.04 Å². The van der Waals surface area contributed by atoms with Crippen molar-refractivity contribution < 1.29 is 0 Å². The molecular formula is C10H19N. The number of allylic oxidation sites excluding steroid dienone is 1. The molecule has 0 radical (unpaired) electrons. The van der Waals surface area contributed by atoms with E-state index in [4.69, 9.17) is 0 Å². The SMILES string of the molecule is CC1/C=C\CCCN(C)C1C. The Morgan fingerprint density at radius 3 is 2.82 bits per heavy atom. The molecule has 0 saturated carbocycles. The fourth-order valence-corrected chi connectivity index (χ4v) is 1.54. The minimum absolute atomic E-state index is 0.701. The predicted octanol–water partition coefficient (Wildman–Crippen LogP) is 2.29. The highest BCUT2D eigenvalue weighted by molar-refractivity contribution is 4.93. The van der Waals surface area contributed by atoms with Crippen molar-refractivity contribution in [3.05, 3.63) is 12.2 Å². The maximum Gasteiger partial charge on any atom is 0.0124 e. The van der Waals surface area contributed by atoms with Crippen molar-refractivity contribution in [3.63, 3.8) is 0 Å². The minimum Gasteiger partial charge on any atom is -0.303 e. The maximum absolute atomic E-state index is 2.45. The van der Waals surface area contributed by atoms with Crippen molar-refractivity contribution in [2.75, 3.05) is 13.6 Å². The molecule has 0 saturated heterocycles. The third kappa shape index (κ3) is 2.33. The summed E-state index contributed by atoms with van der Waals surface area (Å²) in [7, 11) is 2.22. The van der Waals surface area contributed by atoms with Gasteiger partial charge in [-0.1, -0.05) is 19.1 Å². The number of nitrogens with zero attached hydrogens (tertiary/aromatic N) is 1. The molecule has 2 unspecified atom stereocenters. The number of hydrogen-bond donors (Lipinski definition) is 0. The summed E-state index contributed by atoms with van der Waals surface area (Å²) in [6.45, 7) is 5.85. The first kappa shape index (κ1) is 8.79. The molecule has 1 heteroatoms. The van der Waals surface area contributed by atoms with E-state index in [2.05, 4.69) is 37.9 Å². The molecule has 0 fully saturated rings. The van der Waals surface area contributed by atoms with Gasteiger partial charge in [-0.3, -0.25) is 0 Å². The summed E-state index contributed by atoms with van der Waals surface area (Å²) in [4.78, 5) is 2.45. The second-order valence-electron chi connectivity index (χ2n) is 3.65. The molecular weight excluding hydrogens is 134 g/mol. The molecule has 1 aliphatic rings. The highest BCUT2D eigenvalue weighted by Crippen LogP contribution is 2.14. The van der Waals surface area contributed by atoms with E-state index >= 15 is 0 Å². The van der Waals surface area contributed by atoms with Gasteiger partial charge in [0.25, 0.3) is 0 Å². The maximum atomic E-state index is 2.45. The third-order valence-electron chi connectivity index (χ3n) is 2.78. The summed E-state index contributed by atoms with van der Waals surface area (Å²) in [5, 5.41) is 0. The Kier molecular flexibility index (Phi) is 3.13. The lowest BCUT2D eigenvalue weighted by Gasteiger charge is -2.29. The lowest BCUT2D eigenvalue weighted by Crippen LogP contribution is -2.35. The average Bonchev–Trinajstić information content (AvgIpc) is 2.00. The number of hydrogen-bond acceptors (Lipinski definition) is 1. The van der Waals surface area contributed by atoms with E-state index in [9.17, 15) is 0 Å². The lowest BCUT2D eigenvalue weighted by molar-refractivity contribution is 0.215. The van der Waals surface area contributed by atoms with Crippen molar-refractivity contribution in [1.29, 1.82) is 0 Å². The molecule has 0 aromatic heterocycles. The Balaban J connectivity index is 2.57. The monoisotopic (exact) mass is 153 g/mol. The molecule has 2 atom stereocenters. The van der Waals surface area contributed by atoms with Gasteiger partial charge in [-0.25, -0.2) is 0 Å². The van der Waals surface area contributed by atoms with Crippen LogP contribution in [-0.2, 0) is 0 Å². The number of rotatable bonds is 0. The van der Waals surface area contributed by atoms with Gasteiger partial charge < -0.3 is 4.90 Å².